The quantitative estimate of drug-likeness (QED) is 0.574. The van der Waals surface area contributed by atoms with E-state index in [4.69, 9.17) is 17.6 Å². The normalized spacial score (nSPS) is 15.1. The second-order valence-electron chi connectivity index (χ2n) is 6.99. The molecule has 2 radical (unpaired) electrons. The van der Waals surface area contributed by atoms with E-state index in [1.54, 1.807) is 18.2 Å². The highest BCUT2D eigenvalue weighted by Crippen LogP contribution is 2.35. The van der Waals surface area contributed by atoms with Gasteiger partial charge in [-0.3, -0.25) is 9.89 Å². The summed E-state index contributed by atoms with van der Waals surface area (Å²) in [6, 6.07) is 8.92. The second kappa shape index (κ2) is 7.06. The largest absolute Gasteiger partial charge is 0.464 e. The number of benzene rings is 1. The van der Waals surface area contributed by atoms with Crippen molar-refractivity contribution in [2.45, 2.75) is 38.0 Å². The first-order valence-corrected chi connectivity index (χ1v) is 9.18. The molecular formula is C20H20BN3O3. The number of hydrogen-bond donors (Lipinski definition) is 1. The third-order valence-corrected chi connectivity index (χ3v) is 5.25. The SMILES string of the molecule is [B]c1ccc(-c2nc3cc(C(=O)OC)[nH]n3c(=O)c2C2CCCCC2)cc1. The molecule has 0 spiro atoms. The smallest absolute Gasteiger partial charge is 0.356 e. The highest BCUT2D eigenvalue weighted by Gasteiger charge is 2.26. The maximum Gasteiger partial charge on any atom is 0.356 e. The molecule has 27 heavy (non-hydrogen) atoms. The number of esters is 1. The molecule has 1 aliphatic carbocycles. The summed E-state index contributed by atoms with van der Waals surface area (Å²) in [6.45, 7) is 0. The van der Waals surface area contributed by atoms with Crippen molar-refractivity contribution in [3.63, 3.8) is 0 Å². The van der Waals surface area contributed by atoms with Gasteiger partial charge in [0, 0.05) is 17.2 Å². The van der Waals surface area contributed by atoms with Gasteiger partial charge in [0.1, 0.15) is 13.5 Å². The fourth-order valence-corrected chi connectivity index (χ4v) is 3.87. The zero-order valence-electron chi connectivity index (χ0n) is 15.2. The lowest BCUT2D eigenvalue weighted by Crippen LogP contribution is -2.25. The number of aromatic nitrogens is 3. The van der Waals surface area contributed by atoms with Crippen LogP contribution >= 0.6 is 0 Å². The summed E-state index contributed by atoms with van der Waals surface area (Å²) >= 11 is 0. The number of ether oxygens (including phenoxy) is 1. The number of methoxy groups -OCH3 is 1. The number of H-pyrrole nitrogens is 1. The van der Waals surface area contributed by atoms with Crippen LogP contribution in [0.25, 0.3) is 16.9 Å². The molecule has 1 fully saturated rings. The lowest BCUT2D eigenvalue weighted by atomic mass is 9.82. The molecule has 0 amide bonds. The number of nitrogens with zero attached hydrogens (tertiary/aromatic N) is 2. The van der Waals surface area contributed by atoms with Crippen molar-refractivity contribution in [3.05, 3.63) is 51.9 Å². The van der Waals surface area contributed by atoms with Gasteiger partial charge in [-0.2, -0.15) is 0 Å². The van der Waals surface area contributed by atoms with Crippen LogP contribution in [0.2, 0.25) is 0 Å². The molecule has 7 heteroatoms. The Morgan fingerprint density at radius 2 is 1.93 bits per heavy atom. The fraction of sp³-hybridized carbons (Fsp3) is 0.350. The summed E-state index contributed by atoms with van der Waals surface area (Å²) in [6.07, 6.45) is 5.34. The molecule has 4 rings (SSSR count). The van der Waals surface area contributed by atoms with E-state index in [1.807, 2.05) is 12.1 Å². The fourth-order valence-electron chi connectivity index (χ4n) is 3.87. The van der Waals surface area contributed by atoms with Gasteiger partial charge in [0.2, 0.25) is 0 Å². The average molecular weight is 361 g/mol. The Bertz CT molecular complexity index is 1050. The molecule has 1 aliphatic rings. The van der Waals surface area contributed by atoms with Crippen LogP contribution in [0, 0.1) is 0 Å². The number of rotatable bonds is 3. The maximum absolute atomic E-state index is 13.3. The summed E-state index contributed by atoms with van der Waals surface area (Å²) in [5.74, 6) is -0.374. The van der Waals surface area contributed by atoms with Crippen LogP contribution in [0.15, 0.2) is 35.1 Å². The summed E-state index contributed by atoms with van der Waals surface area (Å²) in [7, 11) is 7.12. The van der Waals surface area contributed by atoms with Crippen LogP contribution < -0.4 is 11.0 Å². The van der Waals surface area contributed by atoms with E-state index in [1.165, 1.54) is 18.0 Å². The third kappa shape index (κ3) is 3.18. The number of fused-ring (bicyclic) bond motifs is 1. The molecular weight excluding hydrogens is 341 g/mol. The van der Waals surface area contributed by atoms with Gasteiger partial charge < -0.3 is 4.74 Å². The highest BCUT2D eigenvalue weighted by atomic mass is 16.5. The molecule has 1 N–H and O–H groups in total. The summed E-state index contributed by atoms with van der Waals surface area (Å²) in [5.41, 5.74) is 3.32. The van der Waals surface area contributed by atoms with Crippen LogP contribution in [0.5, 0.6) is 0 Å². The number of carbonyl (C=O) groups excluding carboxylic acids is 1. The first-order valence-electron chi connectivity index (χ1n) is 9.18. The molecule has 2 aromatic heterocycles. The Hall–Kier alpha value is -2.83. The molecule has 3 aromatic rings. The van der Waals surface area contributed by atoms with E-state index in [9.17, 15) is 9.59 Å². The van der Waals surface area contributed by atoms with Crippen molar-refractivity contribution >= 4 is 24.9 Å². The monoisotopic (exact) mass is 361 g/mol. The van der Waals surface area contributed by atoms with E-state index in [-0.39, 0.29) is 17.2 Å². The Kier molecular flexibility index (Phi) is 4.60. The first-order chi connectivity index (χ1) is 13.1. The van der Waals surface area contributed by atoms with Crippen LogP contribution in [-0.2, 0) is 4.74 Å². The van der Waals surface area contributed by atoms with E-state index < -0.39 is 5.97 Å². The molecule has 0 saturated heterocycles. The van der Waals surface area contributed by atoms with Crippen molar-refractivity contribution in [1.82, 2.24) is 14.6 Å². The topological polar surface area (TPSA) is 76.5 Å². The van der Waals surface area contributed by atoms with Gasteiger partial charge in [0.25, 0.3) is 5.56 Å². The van der Waals surface area contributed by atoms with Gasteiger partial charge in [0.15, 0.2) is 5.65 Å². The Morgan fingerprint density at radius 1 is 1.22 bits per heavy atom. The molecule has 1 saturated carbocycles. The minimum Gasteiger partial charge on any atom is -0.464 e. The van der Waals surface area contributed by atoms with E-state index in [0.29, 0.717) is 22.4 Å². The Balaban J connectivity index is 1.96. The van der Waals surface area contributed by atoms with Crippen LogP contribution in [0.3, 0.4) is 0 Å². The second-order valence-corrected chi connectivity index (χ2v) is 6.99. The van der Waals surface area contributed by atoms with E-state index in [2.05, 4.69) is 5.10 Å². The minimum absolute atomic E-state index is 0.158. The summed E-state index contributed by atoms with van der Waals surface area (Å²) in [5, 5.41) is 2.83. The zero-order chi connectivity index (χ0) is 19.0. The van der Waals surface area contributed by atoms with Crippen LogP contribution in [0.4, 0.5) is 0 Å². The Morgan fingerprint density at radius 3 is 2.59 bits per heavy atom. The van der Waals surface area contributed by atoms with Crippen molar-refractivity contribution < 1.29 is 9.53 Å². The summed E-state index contributed by atoms with van der Waals surface area (Å²) < 4.78 is 6.10. The predicted octanol–water partition coefficient (Wildman–Crippen LogP) is 2.32. The zero-order valence-corrected chi connectivity index (χ0v) is 15.2. The first kappa shape index (κ1) is 17.6. The molecule has 0 bridgehead atoms. The van der Waals surface area contributed by atoms with Gasteiger partial charge in [-0.15, -0.1) is 0 Å². The van der Waals surface area contributed by atoms with E-state index in [0.717, 1.165) is 31.2 Å². The van der Waals surface area contributed by atoms with Crippen molar-refractivity contribution in [2.75, 3.05) is 7.11 Å². The molecule has 1 aromatic carbocycles. The van der Waals surface area contributed by atoms with Crippen LogP contribution in [0.1, 0.15) is 54.1 Å². The minimum atomic E-state index is -0.534. The lowest BCUT2D eigenvalue weighted by molar-refractivity contribution is 0.0593. The van der Waals surface area contributed by atoms with Gasteiger partial charge in [-0.25, -0.2) is 14.3 Å². The number of hydrogen-bond acceptors (Lipinski definition) is 4. The molecule has 0 aliphatic heterocycles. The molecule has 136 valence electrons. The standard InChI is InChI=1S/C20H20BN3O3/c1-27-20(26)15-11-16-22-18(13-7-9-14(21)10-8-13)17(19(25)24(16)23-15)12-5-3-2-4-6-12/h7-12,23H,2-6H2,1H3. The lowest BCUT2D eigenvalue weighted by Gasteiger charge is -2.23. The number of aromatic amines is 1. The highest BCUT2D eigenvalue weighted by molar-refractivity contribution is 6.32. The third-order valence-electron chi connectivity index (χ3n) is 5.25. The van der Waals surface area contributed by atoms with E-state index >= 15 is 0 Å². The molecule has 2 heterocycles. The summed E-state index contributed by atoms with van der Waals surface area (Å²) in [4.78, 5) is 29.9. The molecule has 0 unspecified atom stereocenters. The maximum atomic E-state index is 13.3. The Labute approximate surface area is 158 Å². The van der Waals surface area contributed by atoms with Crippen molar-refractivity contribution in [3.8, 4) is 11.3 Å². The molecule has 6 nitrogen and oxygen atoms in total. The molecule has 0 atom stereocenters. The van der Waals surface area contributed by atoms with Crippen LogP contribution in [-0.4, -0.2) is 35.5 Å². The van der Waals surface area contributed by atoms with Gasteiger partial charge in [-0.1, -0.05) is 49.0 Å². The van der Waals surface area contributed by atoms with Crippen molar-refractivity contribution in [2.24, 2.45) is 0 Å². The van der Waals surface area contributed by atoms with Gasteiger partial charge in [-0.05, 0) is 18.8 Å². The van der Waals surface area contributed by atoms with Gasteiger partial charge >= 0.3 is 5.97 Å². The predicted molar refractivity (Wildman–Crippen MR) is 104 cm³/mol. The average Bonchev–Trinajstić information content (AvgIpc) is 3.13. The number of carbonyl (C=O) groups is 1. The number of nitrogens with one attached hydrogen (secondary N) is 1. The van der Waals surface area contributed by atoms with Crippen molar-refractivity contribution in [1.29, 1.82) is 0 Å². The van der Waals surface area contributed by atoms with Gasteiger partial charge in [0.05, 0.1) is 12.8 Å².